The Morgan fingerprint density at radius 2 is 1.88 bits per heavy atom. The Morgan fingerprint density at radius 1 is 1.12 bits per heavy atom. The van der Waals surface area contributed by atoms with E-state index in [1.54, 1.807) is 22.9 Å². The highest BCUT2D eigenvalue weighted by Crippen LogP contribution is 2.30. The molecule has 8 heteroatoms. The van der Waals surface area contributed by atoms with E-state index in [9.17, 15) is 21.6 Å². The van der Waals surface area contributed by atoms with E-state index >= 15 is 0 Å². The molecular formula is C16H17F3N2O2S. The Kier molecular flexibility index (Phi) is 5.48. The van der Waals surface area contributed by atoms with Crippen LogP contribution in [0.25, 0.3) is 0 Å². The van der Waals surface area contributed by atoms with Crippen LogP contribution in [0.1, 0.15) is 25.3 Å². The Hall–Kier alpha value is -2.09. The minimum atomic E-state index is -4.61. The Morgan fingerprint density at radius 3 is 2.54 bits per heavy atom. The zero-order chi connectivity index (χ0) is 17.8. The third kappa shape index (κ3) is 4.47. The van der Waals surface area contributed by atoms with Crippen LogP contribution in [0.2, 0.25) is 0 Å². The van der Waals surface area contributed by atoms with Crippen molar-refractivity contribution in [3.63, 3.8) is 0 Å². The van der Waals surface area contributed by atoms with Gasteiger partial charge in [-0.1, -0.05) is 25.5 Å². The van der Waals surface area contributed by atoms with Gasteiger partial charge in [0, 0.05) is 12.7 Å². The quantitative estimate of drug-likeness (QED) is 0.820. The van der Waals surface area contributed by atoms with Crippen LogP contribution in [0.4, 0.5) is 13.2 Å². The first-order valence-corrected chi connectivity index (χ1v) is 8.82. The molecule has 0 aliphatic rings. The maximum Gasteiger partial charge on any atom is 0.416 e. The fourth-order valence-corrected chi connectivity index (χ4v) is 3.12. The molecule has 0 radical (unpaired) electrons. The number of benzene rings is 1. The average molecular weight is 358 g/mol. The number of nitrogens with zero attached hydrogens (tertiary/aromatic N) is 2. The Bertz CT molecular complexity index is 871. The van der Waals surface area contributed by atoms with Gasteiger partial charge in [0.25, 0.3) is 10.0 Å². The van der Waals surface area contributed by atoms with Gasteiger partial charge in [-0.05, 0) is 36.8 Å². The average Bonchev–Trinajstić information content (AvgIpc) is 2.53. The number of hydrogen-bond donors (Lipinski definition) is 0. The summed E-state index contributed by atoms with van der Waals surface area (Å²) in [5.41, 5.74) is -0.839. The summed E-state index contributed by atoms with van der Waals surface area (Å²) in [5, 5.41) is 0. The van der Waals surface area contributed by atoms with E-state index in [1.165, 1.54) is 6.07 Å². The number of rotatable bonds is 5. The monoisotopic (exact) mass is 358 g/mol. The zero-order valence-electron chi connectivity index (χ0n) is 13.0. The van der Waals surface area contributed by atoms with Gasteiger partial charge >= 0.3 is 6.18 Å². The van der Waals surface area contributed by atoms with Gasteiger partial charge in [0.15, 0.2) is 0 Å². The predicted octanol–water partition coefficient (Wildman–Crippen LogP) is 3.60. The molecule has 1 aromatic heterocycles. The normalized spacial score (nSPS) is 13.2. The van der Waals surface area contributed by atoms with Gasteiger partial charge in [-0.25, -0.2) is 0 Å². The molecule has 1 aromatic carbocycles. The maximum atomic E-state index is 12.8. The van der Waals surface area contributed by atoms with Crippen molar-refractivity contribution in [2.45, 2.75) is 37.4 Å². The molecule has 2 aromatic rings. The van der Waals surface area contributed by atoms with Crippen LogP contribution < -0.4 is 5.49 Å². The van der Waals surface area contributed by atoms with Crippen LogP contribution in [-0.4, -0.2) is 13.0 Å². The van der Waals surface area contributed by atoms with Crippen molar-refractivity contribution >= 4 is 10.0 Å². The zero-order valence-corrected chi connectivity index (χ0v) is 13.8. The van der Waals surface area contributed by atoms with Crippen molar-refractivity contribution in [3.05, 3.63) is 59.7 Å². The van der Waals surface area contributed by atoms with Crippen molar-refractivity contribution in [3.8, 4) is 0 Å². The SMILES string of the molecule is CCCCn1cccc/c1=N\S(=O)(=O)c1cccc(C(F)(F)F)c1. The fourth-order valence-electron chi connectivity index (χ4n) is 2.08. The third-order valence-electron chi connectivity index (χ3n) is 3.34. The summed E-state index contributed by atoms with van der Waals surface area (Å²) in [5.74, 6) is 0. The molecule has 0 N–H and O–H groups in total. The second-order valence-electron chi connectivity index (χ2n) is 5.20. The second kappa shape index (κ2) is 7.21. The molecule has 0 unspecified atom stereocenters. The molecule has 0 amide bonds. The number of sulfonamides is 1. The second-order valence-corrected chi connectivity index (χ2v) is 6.80. The fraction of sp³-hybridized carbons (Fsp3) is 0.312. The molecule has 2 rings (SSSR count). The van der Waals surface area contributed by atoms with E-state index in [0.29, 0.717) is 12.6 Å². The van der Waals surface area contributed by atoms with E-state index in [2.05, 4.69) is 4.40 Å². The van der Waals surface area contributed by atoms with Crippen LogP contribution in [0, 0.1) is 0 Å². The highest BCUT2D eigenvalue weighted by atomic mass is 32.2. The largest absolute Gasteiger partial charge is 0.416 e. The minimum absolute atomic E-state index is 0.184. The molecule has 130 valence electrons. The number of unbranched alkanes of at least 4 members (excludes halogenated alkanes) is 1. The molecule has 24 heavy (non-hydrogen) atoms. The lowest BCUT2D eigenvalue weighted by atomic mass is 10.2. The topological polar surface area (TPSA) is 51.4 Å². The smallest absolute Gasteiger partial charge is 0.332 e. The summed E-state index contributed by atoms with van der Waals surface area (Å²) in [6, 6.07) is 8.46. The van der Waals surface area contributed by atoms with Gasteiger partial charge in [0.2, 0.25) is 0 Å². The Labute approximate surface area is 138 Å². The number of pyridine rings is 1. The lowest BCUT2D eigenvalue weighted by Crippen LogP contribution is -2.21. The van der Waals surface area contributed by atoms with E-state index in [4.69, 9.17) is 0 Å². The molecule has 1 heterocycles. The highest BCUT2D eigenvalue weighted by Gasteiger charge is 2.31. The van der Waals surface area contributed by atoms with Crippen LogP contribution in [0.5, 0.6) is 0 Å². The van der Waals surface area contributed by atoms with Gasteiger partial charge in [-0.3, -0.25) is 0 Å². The van der Waals surface area contributed by atoms with Crippen LogP contribution in [0.3, 0.4) is 0 Å². The summed E-state index contributed by atoms with van der Waals surface area (Å²) >= 11 is 0. The van der Waals surface area contributed by atoms with Crippen molar-refractivity contribution in [2.24, 2.45) is 4.40 Å². The number of halogens is 3. The molecule has 0 atom stereocenters. The van der Waals surface area contributed by atoms with Gasteiger partial charge in [0.1, 0.15) is 5.49 Å². The molecule has 0 saturated carbocycles. The van der Waals surface area contributed by atoms with Gasteiger partial charge in [-0.15, -0.1) is 4.40 Å². The number of hydrogen-bond acceptors (Lipinski definition) is 2. The standard InChI is InChI=1S/C16H17F3N2O2S/c1-2-3-10-21-11-5-4-9-15(21)20-24(22,23)14-8-6-7-13(12-14)16(17,18)19/h4-9,11-12H,2-3,10H2,1H3/b20-15+. The third-order valence-corrected chi connectivity index (χ3v) is 4.62. The molecular weight excluding hydrogens is 341 g/mol. The summed E-state index contributed by atoms with van der Waals surface area (Å²) in [6.07, 6.45) is -1.17. The number of aryl methyl sites for hydroxylation is 1. The van der Waals surface area contributed by atoms with Crippen LogP contribution in [-0.2, 0) is 22.7 Å². The van der Waals surface area contributed by atoms with Crippen LogP contribution >= 0.6 is 0 Å². The summed E-state index contributed by atoms with van der Waals surface area (Å²) in [6.45, 7) is 2.58. The van der Waals surface area contributed by atoms with E-state index in [-0.39, 0.29) is 5.49 Å². The van der Waals surface area contributed by atoms with Gasteiger partial charge < -0.3 is 4.57 Å². The van der Waals surface area contributed by atoms with E-state index < -0.39 is 26.7 Å². The number of alkyl halides is 3. The molecule has 0 fully saturated rings. The van der Waals surface area contributed by atoms with Crippen molar-refractivity contribution in [2.75, 3.05) is 0 Å². The lowest BCUT2D eigenvalue weighted by molar-refractivity contribution is -0.137. The predicted molar refractivity (Wildman–Crippen MR) is 83.5 cm³/mol. The first-order valence-electron chi connectivity index (χ1n) is 7.38. The highest BCUT2D eigenvalue weighted by molar-refractivity contribution is 7.90. The van der Waals surface area contributed by atoms with Crippen LogP contribution in [0.15, 0.2) is 58.0 Å². The van der Waals surface area contributed by atoms with E-state index in [0.717, 1.165) is 31.0 Å². The van der Waals surface area contributed by atoms with Crippen molar-refractivity contribution < 1.29 is 21.6 Å². The van der Waals surface area contributed by atoms with Crippen molar-refractivity contribution in [1.29, 1.82) is 0 Å². The maximum absolute atomic E-state index is 12.8. The summed E-state index contributed by atoms with van der Waals surface area (Å²) in [7, 11) is -4.24. The molecule has 0 bridgehead atoms. The van der Waals surface area contributed by atoms with Gasteiger partial charge in [-0.2, -0.15) is 21.6 Å². The molecule has 0 spiro atoms. The number of aromatic nitrogens is 1. The van der Waals surface area contributed by atoms with E-state index in [1.807, 2.05) is 6.92 Å². The summed E-state index contributed by atoms with van der Waals surface area (Å²) < 4.78 is 68.4. The summed E-state index contributed by atoms with van der Waals surface area (Å²) in [4.78, 5) is -0.483. The molecule has 0 aliphatic carbocycles. The molecule has 0 saturated heterocycles. The Balaban J connectivity index is 2.49. The van der Waals surface area contributed by atoms with Crippen molar-refractivity contribution in [1.82, 2.24) is 4.57 Å². The molecule has 0 aliphatic heterocycles. The molecule has 4 nitrogen and oxygen atoms in total. The minimum Gasteiger partial charge on any atom is -0.332 e. The lowest BCUT2D eigenvalue weighted by Gasteiger charge is -2.08. The van der Waals surface area contributed by atoms with Gasteiger partial charge in [0.05, 0.1) is 10.5 Å². The first kappa shape index (κ1) is 18.3. The first-order chi connectivity index (χ1) is 11.2.